The number of nitrogens with one attached hydrogen (secondary N) is 1. The molecule has 0 aliphatic heterocycles. The number of amides is 1. The van der Waals surface area contributed by atoms with Crippen molar-refractivity contribution in [3.63, 3.8) is 0 Å². The van der Waals surface area contributed by atoms with Crippen LogP contribution in [0.4, 0.5) is 5.69 Å². The van der Waals surface area contributed by atoms with E-state index >= 15 is 0 Å². The molecule has 0 aliphatic rings. The molecule has 0 spiro atoms. The fourth-order valence-corrected chi connectivity index (χ4v) is 3.16. The number of anilines is 1. The SMILES string of the molecule is CCCOc1c(CCC)cc(Br)cc1NC(=O)Cc1ccc(C)cc1. The van der Waals surface area contributed by atoms with Crippen LogP contribution in [-0.4, -0.2) is 12.5 Å². The Bertz CT molecular complexity index is 711. The summed E-state index contributed by atoms with van der Waals surface area (Å²) in [7, 11) is 0. The molecule has 0 unspecified atom stereocenters. The van der Waals surface area contributed by atoms with E-state index in [4.69, 9.17) is 4.74 Å². The number of hydrogen-bond acceptors (Lipinski definition) is 2. The van der Waals surface area contributed by atoms with Crippen molar-refractivity contribution < 1.29 is 9.53 Å². The van der Waals surface area contributed by atoms with Gasteiger partial charge in [-0.3, -0.25) is 4.79 Å². The van der Waals surface area contributed by atoms with Crippen LogP contribution in [0.2, 0.25) is 0 Å². The number of benzene rings is 2. The lowest BCUT2D eigenvalue weighted by Gasteiger charge is -2.17. The molecule has 0 radical (unpaired) electrons. The third kappa shape index (κ3) is 5.89. The van der Waals surface area contributed by atoms with Crippen LogP contribution in [0.5, 0.6) is 5.75 Å². The monoisotopic (exact) mass is 403 g/mol. The molecule has 3 nitrogen and oxygen atoms in total. The average Bonchev–Trinajstić information content (AvgIpc) is 2.56. The Morgan fingerprint density at radius 3 is 2.48 bits per heavy atom. The number of carbonyl (C=O) groups is 1. The predicted molar refractivity (Wildman–Crippen MR) is 107 cm³/mol. The number of hydrogen-bond donors (Lipinski definition) is 1. The van der Waals surface area contributed by atoms with Gasteiger partial charge in [-0.05, 0) is 43.0 Å². The molecule has 2 aromatic carbocycles. The second kappa shape index (κ2) is 9.62. The highest BCUT2D eigenvalue weighted by molar-refractivity contribution is 9.10. The standard InChI is InChI=1S/C21H26BrNO2/c1-4-6-17-13-18(22)14-19(21(17)25-11-5-2)23-20(24)12-16-9-7-15(3)8-10-16/h7-10,13-14H,4-6,11-12H2,1-3H3,(H,23,24). The van der Waals surface area contributed by atoms with Gasteiger partial charge in [0.1, 0.15) is 5.75 Å². The zero-order chi connectivity index (χ0) is 18.2. The first kappa shape index (κ1) is 19.5. The molecular formula is C21H26BrNO2. The maximum absolute atomic E-state index is 12.5. The Morgan fingerprint density at radius 2 is 1.84 bits per heavy atom. The molecule has 0 heterocycles. The lowest BCUT2D eigenvalue weighted by Crippen LogP contribution is -2.16. The smallest absolute Gasteiger partial charge is 0.228 e. The zero-order valence-corrected chi connectivity index (χ0v) is 16.8. The van der Waals surface area contributed by atoms with E-state index in [1.54, 1.807) is 0 Å². The first-order chi connectivity index (χ1) is 12.0. The Balaban J connectivity index is 2.20. The molecule has 4 heteroatoms. The number of halogens is 1. The summed E-state index contributed by atoms with van der Waals surface area (Å²) in [5.74, 6) is 0.759. The van der Waals surface area contributed by atoms with Gasteiger partial charge in [0, 0.05) is 4.47 Å². The summed E-state index contributed by atoms with van der Waals surface area (Å²) >= 11 is 3.54. The second-order valence-corrected chi connectivity index (χ2v) is 7.17. The van der Waals surface area contributed by atoms with Gasteiger partial charge in [0.15, 0.2) is 0 Å². The van der Waals surface area contributed by atoms with Crippen molar-refractivity contribution in [1.82, 2.24) is 0 Å². The minimum atomic E-state index is -0.0363. The molecule has 134 valence electrons. The lowest BCUT2D eigenvalue weighted by molar-refractivity contribution is -0.115. The van der Waals surface area contributed by atoms with E-state index in [0.717, 1.165) is 46.3 Å². The van der Waals surface area contributed by atoms with Crippen LogP contribution in [0.25, 0.3) is 0 Å². The maximum Gasteiger partial charge on any atom is 0.228 e. The quantitative estimate of drug-likeness (QED) is 0.615. The van der Waals surface area contributed by atoms with Crippen molar-refractivity contribution in [3.8, 4) is 5.75 Å². The van der Waals surface area contributed by atoms with Crippen molar-refractivity contribution in [3.05, 3.63) is 57.6 Å². The van der Waals surface area contributed by atoms with Gasteiger partial charge in [-0.25, -0.2) is 0 Å². The van der Waals surface area contributed by atoms with Crippen molar-refractivity contribution >= 4 is 27.5 Å². The number of ether oxygens (including phenoxy) is 1. The van der Waals surface area contributed by atoms with Crippen LogP contribution in [0.1, 0.15) is 43.4 Å². The number of aryl methyl sites for hydroxylation is 2. The van der Waals surface area contributed by atoms with Gasteiger partial charge >= 0.3 is 0 Å². The molecule has 0 aromatic heterocycles. The van der Waals surface area contributed by atoms with Crippen LogP contribution in [-0.2, 0) is 17.6 Å². The van der Waals surface area contributed by atoms with E-state index in [2.05, 4.69) is 41.2 Å². The second-order valence-electron chi connectivity index (χ2n) is 6.25. The van der Waals surface area contributed by atoms with Crippen LogP contribution < -0.4 is 10.1 Å². The molecule has 0 aliphatic carbocycles. The van der Waals surface area contributed by atoms with Gasteiger partial charge in [-0.1, -0.05) is 66.0 Å². The summed E-state index contributed by atoms with van der Waals surface area (Å²) in [5.41, 5.74) is 4.05. The summed E-state index contributed by atoms with van der Waals surface area (Å²) < 4.78 is 6.91. The molecule has 25 heavy (non-hydrogen) atoms. The van der Waals surface area contributed by atoms with Crippen molar-refractivity contribution in [2.45, 2.75) is 46.5 Å². The third-order valence-electron chi connectivity index (χ3n) is 3.86. The summed E-state index contributed by atoms with van der Waals surface area (Å²) in [6, 6.07) is 12.0. The first-order valence-corrected chi connectivity index (χ1v) is 9.63. The molecule has 0 saturated heterocycles. The molecule has 0 atom stereocenters. The number of carbonyl (C=O) groups excluding carboxylic acids is 1. The molecule has 0 fully saturated rings. The number of rotatable bonds is 8. The fourth-order valence-electron chi connectivity index (χ4n) is 2.66. The lowest BCUT2D eigenvalue weighted by atomic mass is 10.1. The van der Waals surface area contributed by atoms with Crippen LogP contribution in [0.15, 0.2) is 40.9 Å². The van der Waals surface area contributed by atoms with E-state index in [0.29, 0.717) is 13.0 Å². The summed E-state index contributed by atoms with van der Waals surface area (Å²) in [6.45, 7) is 6.89. The van der Waals surface area contributed by atoms with E-state index in [1.807, 2.05) is 37.3 Å². The van der Waals surface area contributed by atoms with Crippen LogP contribution in [0.3, 0.4) is 0 Å². The summed E-state index contributed by atoms with van der Waals surface area (Å²) in [6.07, 6.45) is 3.22. The Morgan fingerprint density at radius 1 is 1.12 bits per heavy atom. The summed E-state index contributed by atoms with van der Waals surface area (Å²) in [4.78, 5) is 12.5. The Hall–Kier alpha value is -1.81. The predicted octanol–water partition coefficient (Wildman–Crippen LogP) is 5.68. The fraction of sp³-hybridized carbons (Fsp3) is 0.381. The molecule has 1 N–H and O–H groups in total. The summed E-state index contributed by atoms with van der Waals surface area (Å²) in [5, 5.41) is 3.03. The van der Waals surface area contributed by atoms with Crippen molar-refractivity contribution in [2.75, 3.05) is 11.9 Å². The molecular weight excluding hydrogens is 378 g/mol. The first-order valence-electron chi connectivity index (χ1n) is 8.84. The van der Waals surface area contributed by atoms with Gasteiger partial charge < -0.3 is 10.1 Å². The van der Waals surface area contributed by atoms with Crippen molar-refractivity contribution in [2.24, 2.45) is 0 Å². The molecule has 0 saturated carbocycles. The Kier molecular flexibility index (Phi) is 7.51. The van der Waals surface area contributed by atoms with E-state index in [9.17, 15) is 4.79 Å². The van der Waals surface area contributed by atoms with E-state index in [1.165, 1.54) is 5.56 Å². The van der Waals surface area contributed by atoms with Crippen molar-refractivity contribution in [1.29, 1.82) is 0 Å². The molecule has 2 rings (SSSR count). The van der Waals surface area contributed by atoms with Crippen LogP contribution >= 0.6 is 15.9 Å². The van der Waals surface area contributed by atoms with E-state index < -0.39 is 0 Å². The average molecular weight is 404 g/mol. The third-order valence-corrected chi connectivity index (χ3v) is 4.32. The molecule has 0 bridgehead atoms. The highest BCUT2D eigenvalue weighted by Gasteiger charge is 2.14. The van der Waals surface area contributed by atoms with E-state index in [-0.39, 0.29) is 5.91 Å². The highest BCUT2D eigenvalue weighted by Crippen LogP contribution is 2.34. The van der Waals surface area contributed by atoms with Crippen LogP contribution in [0, 0.1) is 6.92 Å². The van der Waals surface area contributed by atoms with Gasteiger partial charge in [-0.2, -0.15) is 0 Å². The molecule has 1 amide bonds. The van der Waals surface area contributed by atoms with Gasteiger partial charge in [0.2, 0.25) is 5.91 Å². The molecule has 2 aromatic rings. The zero-order valence-electron chi connectivity index (χ0n) is 15.2. The maximum atomic E-state index is 12.5. The normalized spacial score (nSPS) is 10.6. The topological polar surface area (TPSA) is 38.3 Å². The minimum Gasteiger partial charge on any atom is -0.491 e. The van der Waals surface area contributed by atoms with Gasteiger partial charge in [0.25, 0.3) is 0 Å². The minimum absolute atomic E-state index is 0.0363. The highest BCUT2D eigenvalue weighted by atomic mass is 79.9. The van der Waals surface area contributed by atoms with Gasteiger partial charge in [0.05, 0.1) is 18.7 Å². The Labute approximate surface area is 158 Å². The largest absolute Gasteiger partial charge is 0.491 e. The van der Waals surface area contributed by atoms with Gasteiger partial charge in [-0.15, -0.1) is 0 Å².